The molecule has 1 atom stereocenters. The molecule has 0 bridgehead atoms. The highest BCUT2D eigenvalue weighted by molar-refractivity contribution is 6.01. The van der Waals surface area contributed by atoms with Gasteiger partial charge in [0.2, 0.25) is 0 Å². The van der Waals surface area contributed by atoms with Crippen LogP contribution in [0.1, 0.15) is 33.2 Å². The summed E-state index contributed by atoms with van der Waals surface area (Å²) in [6.07, 6.45) is -1.93. The molecule has 0 aliphatic carbocycles. The molecular weight excluding hydrogens is 367 g/mol. The van der Waals surface area contributed by atoms with Gasteiger partial charge in [0.05, 0.1) is 11.1 Å². The number of carbonyl (C=O) groups excluding carboxylic acids is 1. The summed E-state index contributed by atoms with van der Waals surface area (Å²) in [5.74, 6) is -0.249. The maximum absolute atomic E-state index is 13.2. The first-order valence-corrected chi connectivity index (χ1v) is 8.66. The van der Waals surface area contributed by atoms with Gasteiger partial charge in [-0.15, -0.1) is 0 Å². The highest BCUT2D eigenvalue weighted by atomic mass is 19.4. The number of para-hydroxylation sites is 1. The zero-order valence-electron chi connectivity index (χ0n) is 14.6. The number of aromatic nitrogens is 1. The summed E-state index contributed by atoms with van der Waals surface area (Å²) in [7, 11) is 0. The van der Waals surface area contributed by atoms with Crippen LogP contribution in [0.15, 0.2) is 73.1 Å². The predicted octanol–water partition coefficient (Wildman–Crippen LogP) is 4.87. The molecule has 1 N–H and O–H groups in total. The molecule has 4 rings (SSSR count). The van der Waals surface area contributed by atoms with Crippen molar-refractivity contribution in [3.8, 4) is 0 Å². The number of fused-ring (bicyclic) bond motifs is 1. The molecule has 2 aromatic carbocycles. The van der Waals surface area contributed by atoms with Gasteiger partial charge >= 0.3 is 6.18 Å². The molecule has 142 valence electrons. The fourth-order valence-corrected chi connectivity index (χ4v) is 3.29. The van der Waals surface area contributed by atoms with Gasteiger partial charge in [0.1, 0.15) is 6.17 Å². The van der Waals surface area contributed by atoms with Crippen LogP contribution in [0.25, 0.3) is 0 Å². The number of hydrogen-bond acceptors (Lipinski definition) is 3. The van der Waals surface area contributed by atoms with Gasteiger partial charge in [-0.2, -0.15) is 13.2 Å². The van der Waals surface area contributed by atoms with E-state index in [0.717, 1.165) is 17.7 Å². The zero-order chi connectivity index (χ0) is 19.7. The average molecular weight is 383 g/mol. The van der Waals surface area contributed by atoms with Crippen molar-refractivity contribution in [3.05, 3.63) is 95.3 Å². The number of rotatable bonds is 3. The molecule has 1 aliphatic heterocycles. The first-order chi connectivity index (χ1) is 13.4. The van der Waals surface area contributed by atoms with Crippen LogP contribution in [0.3, 0.4) is 0 Å². The topological polar surface area (TPSA) is 45.2 Å². The van der Waals surface area contributed by atoms with E-state index in [1.807, 2.05) is 6.07 Å². The van der Waals surface area contributed by atoms with Gasteiger partial charge in [0, 0.05) is 24.6 Å². The third-order valence-corrected chi connectivity index (χ3v) is 4.63. The van der Waals surface area contributed by atoms with E-state index in [-0.39, 0.29) is 12.5 Å². The van der Waals surface area contributed by atoms with Gasteiger partial charge in [0.15, 0.2) is 0 Å². The fourth-order valence-electron chi connectivity index (χ4n) is 3.29. The lowest BCUT2D eigenvalue weighted by Gasteiger charge is -2.38. The fraction of sp³-hybridized carbons (Fsp3) is 0.143. The number of nitrogens with one attached hydrogen (secondary N) is 1. The molecule has 0 unspecified atom stereocenters. The first kappa shape index (κ1) is 18.0. The molecule has 0 spiro atoms. The number of amides is 1. The molecule has 7 heteroatoms. The number of pyridine rings is 1. The Labute approximate surface area is 159 Å². The summed E-state index contributed by atoms with van der Waals surface area (Å²) < 4.78 is 39.6. The van der Waals surface area contributed by atoms with Gasteiger partial charge < -0.3 is 10.2 Å². The SMILES string of the molecule is O=C1c2ccccc2N[C@H](c2cccc(C(F)(F)F)c2)N1Cc1cccnc1. The van der Waals surface area contributed by atoms with Crippen molar-refractivity contribution in [2.45, 2.75) is 18.9 Å². The number of anilines is 1. The average Bonchev–Trinajstić information content (AvgIpc) is 2.70. The normalized spacial score (nSPS) is 16.5. The lowest BCUT2D eigenvalue weighted by molar-refractivity contribution is -0.137. The van der Waals surface area contributed by atoms with E-state index in [1.54, 1.807) is 48.8 Å². The van der Waals surface area contributed by atoms with Crippen molar-refractivity contribution in [3.63, 3.8) is 0 Å². The molecule has 28 heavy (non-hydrogen) atoms. The van der Waals surface area contributed by atoms with Crippen molar-refractivity contribution in [1.29, 1.82) is 0 Å². The van der Waals surface area contributed by atoms with E-state index in [4.69, 9.17) is 0 Å². The second kappa shape index (κ2) is 6.99. The Morgan fingerprint density at radius 3 is 2.61 bits per heavy atom. The summed E-state index contributed by atoms with van der Waals surface area (Å²) in [6, 6.07) is 15.6. The lowest BCUT2D eigenvalue weighted by Crippen LogP contribution is -2.42. The number of hydrogen-bond donors (Lipinski definition) is 1. The second-order valence-electron chi connectivity index (χ2n) is 6.51. The van der Waals surface area contributed by atoms with Gasteiger partial charge in [-0.25, -0.2) is 0 Å². The van der Waals surface area contributed by atoms with Crippen molar-refractivity contribution in [2.24, 2.45) is 0 Å². The Morgan fingerprint density at radius 1 is 1.04 bits per heavy atom. The standard InChI is InChI=1S/C21H16F3N3O/c22-21(23,24)16-7-3-6-15(11-16)19-26-18-9-2-1-8-17(18)20(28)27(19)13-14-5-4-10-25-12-14/h1-12,19,26H,13H2/t19-/m0/s1. The van der Waals surface area contributed by atoms with E-state index in [0.29, 0.717) is 16.8 Å². The predicted molar refractivity (Wildman–Crippen MR) is 98.4 cm³/mol. The van der Waals surface area contributed by atoms with Crippen LogP contribution >= 0.6 is 0 Å². The summed E-state index contributed by atoms with van der Waals surface area (Å²) in [4.78, 5) is 18.7. The zero-order valence-corrected chi connectivity index (χ0v) is 14.6. The van der Waals surface area contributed by atoms with Crippen molar-refractivity contribution in [1.82, 2.24) is 9.88 Å². The van der Waals surface area contributed by atoms with E-state index in [1.165, 1.54) is 11.0 Å². The molecule has 0 radical (unpaired) electrons. The third kappa shape index (κ3) is 3.43. The van der Waals surface area contributed by atoms with E-state index >= 15 is 0 Å². The van der Waals surface area contributed by atoms with Crippen molar-refractivity contribution >= 4 is 11.6 Å². The molecule has 0 fully saturated rings. The molecular formula is C21H16F3N3O. The van der Waals surface area contributed by atoms with Crippen molar-refractivity contribution in [2.75, 3.05) is 5.32 Å². The molecule has 1 amide bonds. The van der Waals surface area contributed by atoms with Gasteiger partial charge in [-0.3, -0.25) is 9.78 Å². The second-order valence-corrected chi connectivity index (χ2v) is 6.51. The highest BCUT2D eigenvalue weighted by Gasteiger charge is 2.35. The largest absolute Gasteiger partial charge is 0.416 e. The van der Waals surface area contributed by atoms with Gasteiger partial charge in [-0.05, 0) is 41.5 Å². The number of nitrogens with zero attached hydrogens (tertiary/aromatic N) is 2. The third-order valence-electron chi connectivity index (χ3n) is 4.63. The Hall–Kier alpha value is -3.35. The summed E-state index contributed by atoms with van der Waals surface area (Å²) >= 11 is 0. The molecule has 1 aromatic heterocycles. The molecule has 0 saturated heterocycles. The Bertz CT molecular complexity index is 1010. The monoisotopic (exact) mass is 383 g/mol. The summed E-state index contributed by atoms with van der Waals surface area (Å²) in [6.45, 7) is 0.217. The van der Waals surface area contributed by atoms with Gasteiger partial charge in [-0.1, -0.05) is 30.3 Å². The number of halogens is 3. The number of benzene rings is 2. The smallest absolute Gasteiger partial charge is 0.361 e. The maximum Gasteiger partial charge on any atom is 0.416 e. The summed E-state index contributed by atoms with van der Waals surface area (Å²) in [5.41, 5.74) is 1.47. The quantitative estimate of drug-likeness (QED) is 0.702. The molecule has 4 nitrogen and oxygen atoms in total. The van der Waals surface area contributed by atoms with Crippen LogP contribution in [-0.2, 0) is 12.7 Å². The number of alkyl halides is 3. The van der Waals surface area contributed by atoms with Crippen LogP contribution in [0, 0.1) is 0 Å². The number of carbonyl (C=O) groups is 1. The van der Waals surface area contributed by atoms with Crippen molar-refractivity contribution < 1.29 is 18.0 Å². The van der Waals surface area contributed by atoms with Crippen LogP contribution in [0.2, 0.25) is 0 Å². The Balaban J connectivity index is 1.77. The molecule has 0 saturated carbocycles. The van der Waals surface area contributed by atoms with E-state index in [2.05, 4.69) is 10.3 Å². The van der Waals surface area contributed by atoms with Crippen LogP contribution in [0.4, 0.5) is 18.9 Å². The summed E-state index contributed by atoms with van der Waals surface area (Å²) in [5, 5.41) is 3.21. The first-order valence-electron chi connectivity index (χ1n) is 8.66. The van der Waals surface area contributed by atoms with E-state index < -0.39 is 17.9 Å². The minimum Gasteiger partial charge on any atom is -0.361 e. The molecule has 1 aliphatic rings. The molecule has 3 aromatic rings. The molecule has 2 heterocycles. The Kier molecular flexibility index (Phi) is 4.50. The van der Waals surface area contributed by atoms with Crippen LogP contribution in [0.5, 0.6) is 0 Å². The van der Waals surface area contributed by atoms with Gasteiger partial charge in [0.25, 0.3) is 5.91 Å². The maximum atomic E-state index is 13.2. The minimum absolute atomic E-state index is 0.217. The Morgan fingerprint density at radius 2 is 1.86 bits per heavy atom. The highest BCUT2D eigenvalue weighted by Crippen LogP contribution is 2.36. The van der Waals surface area contributed by atoms with Crippen LogP contribution in [-0.4, -0.2) is 15.8 Å². The lowest BCUT2D eigenvalue weighted by atomic mass is 10.0. The minimum atomic E-state index is -4.46. The van der Waals surface area contributed by atoms with E-state index in [9.17, 15) is 18.0 Å². The van der Waals surface area contributed by atoms with Crippen LogP contribution < -0.4 is 5.32 Å².